The SMILES string of the molecule is O=C(Cc1cccc2ccccc12)N/N=C\c1ccc(OCc2ccccc2)c(Br)c1. The Balaban J connectivity index is 1.34. The molecule has 1 N–H and O–H groups in total. The minimum atomic E-state index is -0.158. The molecule has 0 radical (unpaired) electrons. The lowest BCUT2D eigenvalue weighted by atomic mass is 10.0. The van der Waals surface area contributed by atoms with Crippen LogP contribution in [-0.4, -0.2) is 12.1 Å². The van der Waals surface area contributed by atoms with Crippen LogP contribution in [0.5, 0.6) is 5.75 Å². The molecular weight excluding hydrogens is 452 g/mol. The summed E-state index contributed by atoms with van der Waals surface area (Å²) < 4.78 is 6.69. The molecule has 4 rings (SSSR count). The summed E-state index contributed by atoms with van der Waals surface area (Å²) in [6, 6.07) is 29.7. The van der Waals surface area contributed by atoms with Crippen LogP contribution in [0.3, 0.4) is 0 Å². The zero-order valence-electron chi connectivity index (χ0n) is 16.8. The van der Waals surface area contributed by atoms with E-state index in [4.69, 9.17) is 4.74 Å². The fraction of sp³-hybridized carbons (Fsp3) is 0.0769. The van der Waals surface area contributed by atoms with Gasteiger partial charge in [-0.15, -0.1) is 0 Å². The van der Waals surface area contributed by atoms with Gasteiger partial charge in [0.05, 0.1) is 17.1 Å². The molecule has 0 bridgehead atoms. The van der Waals surface area contributed by atoms with Gasteiger partial charge in [0.15, 0.2) is 0 Å². The van der Waals surface area contributed by atoms with Gasteiger partial charge in [0.25, 0.3) is 0 Å². The molecule has 0 unspecified atom stereocenters. The van der Waals surface area contributed by atoms with Crippen molar-refractivity contribution >= 4 is 38.8 Å². The average Bonchev–Trinajstić information content (AvgIpc) is 2.79. The summed E-state index contributed by atoms with van der Waals surface area (Å²) in [6.07, 6.45) is 1.89. The second-order valence-corrected chi connectivity index (χ2v) is 7.93. The van der Waals surface area contributed by atoms with Gasteiger partial charge in [-0.05, 0) is 61.6 Å². The average molecular weight is 473 g/mol. The topological polar surface area (TPSA) is 50.7 Å². The van der Waals surface area contributed by atoms with Crippen LogP contribution in [0.2, 0.25) is 0 Å². The standard InChI is InChI=1S/C26H21BrN2O2/c27-24-15-20(13-14-25(24)31-18-19-7-2-1-3-8-19)17-28-29-26(30)16-22-11-6-10-21-9-4-5-12-23(21)22/h1-15,17H,16,18H2,(H,29,30)/b28-17-. The highest BCUT2D eigenvalue weighted by Crippen LogP contribution is 2.26. The minimum absolute atomic E-state index is 0.158. The predicted octanol–water partition coefficient (Wildman–Crippen LogP) is 5.87. The molecular formula is C26H21BrN2O2. The Labute approximate surface area is 189 Å². The molecule has 0 heterocycles. The van der Waals surface area contributed by atoms with Crippen LogP contribution in [0.25, 0.3) is 10.8 Å². The number of carbonyl (C=O) groups excluding carboxylic acids is 1. The van der Waals surface area contributed by atoms with Gasteiger partial charge in [0.1, 0.15) is 12.4 Å². The van der Waals surface area contributed by atoms with Crippen LogP contribution >= 0.6 is 15.9 Å². The summed E-state index contributed by atoms with van der Waals surface area (Å²) in [7, 11) is 0. The first-order valence-electron chi connectivity index (χ1n) is 9.94. The van der Waals surface area contributed by atoms with Crippen molar-refractivity contribution in [2.75, 3.05) is 0 Å². The second-order valence-electron chi connectivity index (χ2n) is 7.07. The molecule has 0 spiro atoms. The Kier molecular flexibility index (Phi) is 6.75. The molecule has 0 saturated carbocycles. The number of nitrogens with one attached hydrogen (secondary N) is 1. The number of hydrazone groups is 1. The predicted molar refractivity (Wildman–Crippen MR) is 128 cm³/mol. The summed E-state index contributed by atoms with van der Waals surface area (Å²) in [5.74, 6) is 0.593. The number of amides is 1. The van der Waals surface area contributed by atoms with Crippen molar-refractivity contribution in [3.8, 4) is 5.75 Å². The number of halogens is 1. The molecule has 0 aliphatic rings. The molecule has 1 amide bonds. The van der Waals surface area contributed by atoms with E-state index in [0.717, 1.165) is 37.7 Å². The molecule has 4 aromatic rings. The van der Waals surface area contributed by atoms with E-state index < -0.39 is 0 Å². The van der Waals surface area contributed by atoms with Crippen LogP contribution in [0.1, 0.15) is 16.7 Å². The second kappa shape index (κ2) is 10.0. The largest absolute Gasteiger partial charge is 0.488 e. The lowest BCUT2D eigenvalue weighted by Gasteiger charge is -2.09. The van der Waals surface area contributed by atoms with Gasteiger partial charge in [0, 0.05) is 0 Å². The molecule has 0 saturated heterocycles. The van der Waals surface area contributed by atoms with Gasteiger partial charge in [-0.1, -0.05) is 72.8 Å². The fourth-order valence-electron chi connectivity index (χ4n) is 3.29. The van der Waals surface area contributed by atoms with Crippen LogP contribution in [0, 0.1) is 0 Å². The van der Waals surface area contributed by atoms with Crippen molar-refractivity contribution in [1.82, 2.24) is 5.43 Å². The summed E-state index contributed by atoms with van der Waals surface area (Å²) >= 11 is 3.53. The maximum absolute atomic E-state index is 12.3. The van der Waals surface area contributed by atoms with Crippen molar-refractivity contribution in [2.24, 2.45) is 5.10 Å². The molecule has 0 aromatic heterocycles. The molecule has 4 aromatic carbocycles. The summed E-state index contributed by atoms with van der Waals surface area (Å²) in [5, 5.41) is 6.30. The van der Waals surface area contributed by atoms with E-state index in [1.165, 1.54) is 0 Å². The quantitative estimate of drug-likeness (QED) is 0.270. The van der Waals surface area contributed by atoms with Crippen LogP contribution < -0.4 is 10.2 Å². The van der Waals surface area contributed by atoms with Crippen molar-refractivity contribution in [3.05, 3.63) is 112 Å². The van der Waals surface area contributed by atoms with E-state index >= 15 is 0 Å². The first-order valence-corrected chi connectivity index (χ1v) is 10.7. The van der Waals surface area contributed by atoms with Crippen molar-refractivity contribution < 1.29 is 9.53 Å². The number of ether oxygens (including phenoxy) is 1. The molecule has 0 atom stereocenters. The van der Waals surface area contributed by atoms with Crippen molar-refractivity contribution in [1.29, 1.82) is 0 Å². The van der Waals surface area contributed by atoms with Crippen molar-refractivity contribution in [2.45, 2.75) is 13.0 Å². The monoisotopic (exact) mass is 472 g/mol. The molecule has 4 nitrogen and oxygen atoms in total. The van der Waals surface area contributed by atoms with E-state index in [1.54, 1.807) is 6.21 Å². The zero-order valence-corrected chi connectivity index (χ0v) is 18.4. The van der Waals surface area contributed by atoms with Gasteiger partial charge in [-0.2, -0.15) is 5.10 Å². The maximum atomic E-state index is 12.3. The summed E-state index contributed by atoms with van der Waals surface area (Å²) in [4.78, 5) is 12.3. The molecule has 0 fully saturated rings. The van der Waals surface area contributed by atoms with Crippen LogP contribution in [0.15, 0.2) is 101 Å². The zero-order chi connectivity index (χ0) is 21.5. The first-order chi connectivity index (χ1) is 15.2. The number of benzene rings is 4. The molecule has 5 heteroatoms. The van der Waals surface area contributed by atoms with Gasteiger partial charge in [-0.25, -0.2) is 5.43 Å². The summed E-state index contributed by atoms with van der Waals surface area (Å²) in [5.41, 5.74) is 5.55. The van der Waals surface area contributed by atoms with E-state index in [0.29, 0.717) is 6.61 Å². The third-order valence-electron chi connectivity index (χ3n) is 4.83. The molecule has 154 valence electrons. The highest BCUT2D eigenvalue weighted by Gasteiger charge is 2.06. The number of nitrogens with zero attached hydrogens (tertiary/aromatic N) is 1. The van der Waals surface area contributed by atoms with Gasteiger partial charge < -0.3 is 4.74 Å². The Bertz CT molecular complexity index is 1220. The molecule has 0 aliphatic carbocycles. The Morgan fingerprint density at radius 3 is 2.55 bits per heavy atom. The lowest BCUT2D eigenvalue weighted by Crippen LogP contribution is -2.19. The molecule has 31 heavy (non-hydrogen) atoms. The first kappa shape index (κ1) is 20.8. The lowest BCUT2D eigenvalue weighted by molar-refractivity contribution is -0.120. The summed E-state index contributed by atoms with van der Waals surface area (Å²) in [6.45, 7) is 0.497. The van der Waals surface area contributed by atoms with Gasteiger partial charge >= 0.3 is 0 Å². The van der Waals surface area contributed by atoms with E-state index in [-0.39, 0.29) is 12.3 Å². The fourth-order valence-corrected chi connectivity index (χ4v) is 3.80. The number of hydrogen-bond donors (Lipinski definition) is 1. The third-order valence-corrected chi connectivity index (χ3v) is 5.45. The smallest absolute Gasteiger partial charge is 0.244 e. The Morgan fingerprint density at radius 2 is 1.71 bits per heavy atom. The van der Waals surface area contributed by atoms with Crippen molar-refractivity contribution in [3.63, 3.8) is 0 Å². The Hall–Kier alpha value is -3.44. The van der Waals surface area contributed by atoms with Gasteiger partial charge in [-0.3, -0.25) is 4.79 Å². The highest BCUT2D eigenvalue weighted by atomic mass is 79.9. The number of carbonyl (C=O) groups is 1. The normalized spacial score (nSPS) is 11.0. The molecule has 0 aliphatic heterocycles. The van der Waals surface area contributed by atoms with E-state index in [1.807, 2.05) is 91.0 Å². The highest BCUT2D eigenvalue weighted by molar-refractivity contribution is 9.10. The van der Waals surface area contributed by atoms with E-state index in [2.05, 4.69) is 26.5 Å². The number of rotatable bonds is 7. The number of fused-ring (bicyclic) bond motifs is 1. The van der Waals surface area contributed by atoms with E-state index in [9.17, 15) is 4.79 Å². The van der Waals surface area contributed by atoms with Gasteiger partial charge in [0.2, 0.25) is 5.91 Å². The maximum Gasteiger partial charge on any atom is 0.244 e. The number of hydrogen-bond acceptors (Lipinski definition) is 3. The Morgan fingerprint density at radius 1 is 0.935 bits per heavy atom. The van der Waals surface area contributed by atoms with Crippen LogP contribution in [0.4, 0.5) is 0 Å². The minimum Gasteiger partial charge on any atom is -0.488 e. The van der Waals surface area contributed by atoms with Crippen LogP contribution in [-0.2, 0) is 17.8 Å². The third kappa shape index (κ3) is 5.58.